The molecule has 0 spiro atoms. The summed E-state index contributed by atoms with van der Waals surface area (Å²) >= 11 is 0. The van der Waals surface area contributed by atoms with E-state index in [2.05, 4.69) is 10.6 Å². The number of nitrogens with one attached hydrogen (secondary N) is 2. The van der Waals surface area contributed by atoms with Crippen LogP contribution in [0.4, 0.5) is 4.39 Å². The fourth-order valence-electron chi connectivity index (χ4n) is 3.56. The van der Waals surface area contributed by atoms with Gasteiger partial charge in [-0.05, 0) is 44.4 Å². The van der Waals surface area contributed by atoms with Gasteiger partial charge in [0.15, 0.2) is 0 Å². The van der Waals surface area contributed by atoms with E-state index in [4.69, 9.17) is 4.74 Å². The van der Waals surface area contributed by atoms with E-state index in [0.29, 0.717) is 23.4 Å². The second kappa shape index (κ2) is 5.64. The van der Waals surface area contributed by atoms with E-state index in [-0.39, 0.29) is 23.7 Å². The highest BCUT2D eigenvalue weighted by Gasteiger charge is 2.42. The monoisotopic (exact) mass is 292 g/mol. The molecule has 0 aromatic heterocycles. The van der Waals surface area contributed by atoms with Crippen molar-refractivity contribution in [3.8, 4) is 5.75 Å². The van der Waals surface area contributed by atoms with Gasteiger partial charge >= 0.3 is 0 Å². The topological polar surface area (TPSA) is 50.4 Å². The third kappa shape index (κ3) is 2.75. The minimum Gasteiger partial charge on any atom is -0.496 e. The van der Waals surface area contributed by atoms with Crippen LogP contribution in [0.15, 0.2) is 18.2 Å². The molecule has 2 saturated heterocycles. The molecule has 2 N–H and O–H groups in total. The highest BCUT2D eigenvalue weighted by molar-refractivity contribution is 5.80. The van der Waals surface area contributed by atoms with Crippen LogP contribution in [0.2, 0.25) is 0 Å². The van der Waals surface area contributed by atoms with Gasteiger partial charge in [-0.25, -0.2) is 4.39 Å². The largest absolute Gasteiger partial charge is 0.496 e. The first-order valence-corrected chi connectivity index (χ1v) is 7.48. The molecule has 4 atom stereocenters. The Balaban J connectivity index is 1.70. The van der Waals surface area contributed by atoms with Gasteiger partial charge in [0.2, 0.25) is 5.91 Å². The fourth-order valence-corrected chi connectivity index (χ4v) is 3.56. The molecule has 2 bridgehead atoms. The zero-order valence-corrected chi connectivity index (χ0v) is 12.4. The Kier molecular flexibility index (Phi) is 3.85. The summed E-state index contributed by atoms with van der Waals surface area (Å²) in [5.74, 6) is 0.350. The van der Waals surface area contributed by atoms with Crippen LogP contribution in [-0.4, -0.2) is 25.1 Å². The van der Waals surface area contributed by atoms with Crippen LogP contribution >= 0.6 is 0 Å². The van der Waals surface area contributed by atoms with Gasteiger partial charge in [-0.3, -0.25) is 4.79 Å². The van der Waals surface area contributed by atoms with Crippen LogP contribution in [0.3, 0.4) is 0 Å². The van der Waals surface area contributed by atoms with Crippen molar-refractivity contribution in [3.63, 3.8) is 0 Å². The summed E-state index contributed by atoms with van der Waals surface area (Å²) < 4.78 is 18.7. The highest BCUT2D eigenvalue weighted by atomic mass is 19.1. The summed E-state index contributed by atoms with van der Waals surface area (Å²) in [6.07, 6.45) is 3.14. The van der Waals surface area contributed by atoms with Crippen molar-refractivity contribution < 1.29 is 13.9 Å². The van der Waals surface area contributed by atoms with Crippen LogP contribution in [0.1, 0.15) is 37.8 Å². The zero-order chi connectivity index (χ0) is 15.0. The summed E-state index contributed by atoms with van der Waals surface area (Å²) in [4.78, 5) is 12.4. The second-order valence-electron chi connectivity index (χ2n) is 6.01. The van der Waals surface area contributed by atoms with E-state index < -0.39 is 0 Å². The van der Waals surface area contributed by atoms with Crippen molar-refractivity contribution in [2.24, 2.45) is 5.92 Å². The number of fused-ring (bicyclic) bond motifs is 2. The minimum atomic E-state index is -0.325. The SMILES string of the molecule is COc1ccc(F)cc1C(C)NC(=O)C1CC2CCC1N2. The summed E-state index contributed by atoms with van der Waals surface area (Å²) in [7, 11) is 1.55. The lowest BCUT2D eigenvalue weighted by Crippen LogP contribution is -2.38. The zero-order valence-electron chi connectivity index (χ0n) is 12.4. The lowest BCUT2D eigenvalue weighted by molar-refractivity contribution is -0.126. The lowest BCUT2D eigenvalue weighted by Gasteiger charge is -2.23. The number of carbonyl (C=O) groups excluding carboxylic acids is 1. The molecule has 4 unspecified atom stereocenters. The van der Waals surface area contributed by atoms with Gasteiger partial charge < -0.3 is 15.4 Å². The molecule has 1 amide bonds. The summed E-state index contributed by atoms with van der Waals surface area (Å²) in [6, 6.07) is 4.88. The van der Waals surface area contributed by atoms with Crippen LogP contribution in [-0.2, 0) is 4.79 Å². The van der Waals surface area contributed by atoms with Gasteiger partial charge in [-0.2, -0.15) is 0 Å². The molecule has 5 heteroatoms. The van der Waals surface area contributed by atoms with Crippen LogP contribution in [0, 0.1) is 11.7 Å². The van der Waals surface area contributed by atoms with Crippen molar-refractivity contribution in [3.05, 3.63) is 29.6 Å². The average molecular weight is 292 g/mol. The molecule has 4 nitrogen and oxygen atoms in total. The number of rotatable bonds is 4. The molecule has 114 valence electrons. The maximum absolute atomic E-state index is 13.4. The van der Waals surface area contributed by atoms with E-state index in [1.165, 1.54) is 18.6 Å². The number of hydrogen-bond donors (Lipinski definition) is 2. The van der Waals surface area contributed by atoms with Crippen LogP contribution in [0.5, 0.6) is 5.75 Å². The Bertz CT molecular complexity index is 549. The second-order valence-corrected chi connectivity index (χ2v) is 6.01. The fraction of sp³-hybridized carbons (Fsp3) is 0.562. The Morgan fingerprint density at radius 2 is 2.29 bits per heavy atom. The third-order valence-corrected chi connectivity index (χ3v) is 4.65. The standard InChI is InChI=1S/C16H21FN2O2/c1-9(12-7-10(17)3-6-15(12)21-2)18-16(20)13-8-11-4-5-14(13)19-11/h3,6-7,9,11,13-14,19H,4-5,8H2,1-2H3,(H,18,20). The van der Waals surface area contributed by atoms with Crippen LogP contribution in [0.25, 0.3) is 0 Å². The smallest absolute Gasteiger partial charge is 0.225 e. The van der Waals surface area contributed by atoms with E-state index in [9.17, 15) is 9.18 Å². The predicted octanol–water partition coefficient (Wildman–Crippen LogP) is 2.15. The first-order valence-electron chi connectivity index (χ1n) is 7.48. The molecule has 2 aliphatic heterocycles. The van der Waals surface area contributed by atoms with E-state index in [1.807, 2.05) is 6.92 Å². The molecule has 21 heavy (non-hydrogen) atoms. The summed E-state index contributed by atoms with van der Waals surface area (Å²) in [5.41, 5.74) is 0.668. The molecule has 1 aromatic carbocycles. The molecule has 2 heterocycles. The third-order valence-electron chi connectivity index (χ3n) is 4.65. The number of benzene rings is 1. The molecule has 1 aromatic rings. The molecule has 2 fully saturated rings. The molecular weight excluding hydrogens is 271 g/mol. The number of halogens is 1. The van der Waals surface area contributed by atoms with Gasteiger partial charge in [-0.15, -0.1) is 0 Å². The first kappa shape index (κ1) is 14.3. The minimum absolute atomic E-state index is 0.0331. The number of methoxy groups -OCH3 is 1. The first-order chi connectivity index (χ1) is 10.1. The maximum Gasteiger partial charge on any atom is 0.225 e. The van der Waals surface area contributed by atoms with E-state index >= 15 is 0 Å². The van der Waals surface area contributed by atoms with E-state index in [0.717, 1.165) is 12.8 Å². The van der Waals surface area contributed by atoms with Crippen molar-refractivity contribution in [1.29, 1.82) is 0 Å². The Labute approximate surface area is 124 Å². The quantitative estimate of drug-likeness (QED) is 0.894. The number of hydrogen-bond acceptors (Lipinski definition) is 3. The van der Waals surface area contributed by atoms with Gasteiger partial charge in [0.1, 0.15) is 11.6 Å². The summed E-state index contributed by atoms with van der Waals surface area (Å²) in [5, 5.41) is 6.46. The molecule has 0 aliphatic carbocycles. The van der Waals surface area contributed by atoms with Crippen molar-refractivity contribution in [1.82, 2.24) is 10.6 Å². The van der Waals surface area contributed by atoms with Crippen molar-refractivity contribution in [2.45, 2.75) is 44.3 Å². The number of amides is 1. The predicted molar refractivity (Wildman–Crippen MR) is 77.6 cm³/mol. The molecule has 0 saturated carbocycles. The normalized spacial score (nSPS) is 28.4. The molecular formula is C16H21FN2O2. The Hall–Kier alpha value is -1.62. The Morgan fingerprint density at radius 1 is 1.48 bits per heavy atom. The molecule has 3 rings (SSSR count). The van der Waals surface area contributed by atoms with Gasteiger partial charge in [0, 0.05) is 17.6 Å². The number of ether oxygens (including phenoxy) is 1. The van der Waals surface area contributed by atoms with Gasteiger partial charge in [0.05, 0.1) is 19.1 Å². The highest BCUT2D eigenvalue weighted by Crippen LogP contribution is 2.34. The molecule has 0 radical (unpaired) electrons. The van der Waals surface area contributed by atoms with Crippen LogP contribution < -0.4 is 15.4 Å². The lowest BCUT2D eigenvalue weighted by atomic mass is 9.88. The van der Waals surface area contributed by atoms with Gasteiger partial charge in [-0.1, -0.05) is 0 Å². The van der Waals surface area contributed by atoms with Crippen molar-refractivity contribution in [2.75, 3.05) is 7.11 Å². The molecule has 2 aliphatic rings. The maximum atomic E-state index is 13.4. The summed E-state index contributed by atoms with van der Waals surface area (Å²) in [6.45, 7) is 1.86. The van der Waals surface area contributed by atoms with Gasteiger partial charge in [0.25, 0.3) is 0 Å². The Morgan fingerprint density at radius 3 is 2.90 bits per heavy atom. The van der Waals surface area contributed by atoms with Crippen molar-refractivity contribution >= 4 is 5.91 Å². The average Bonchev–Trinajstić information content (AvgIpc) is 3.09. The van der Waals surface area contributed by atoms with E-state index in [1.54, 1.807) is 13.2 Å². The number of carbonyl (C=O) groups is 1.